The summed E-state index contributed by atoms with van der Waals surface area (Å²) in [6, 6.07) is 14.1. The Labute approximate surface area is 135 Å². The van der Waals surface area contributed by atoms with Gasteiger partial charge in [-0.2, -0.15) is 0 Å². The first-order valence-electron chi connectivity index (χ1n) is 7.57. The van der Waals surface area contributed by atoms with Crippen molar-refractivity contribution in [2.75, 3.05) is 27.2 Å². The van der Waals surface area contributed by atoms with E-state index in [1.807, 2.05) is 56.7 Å². The van der Waals surface area contributed by atoms with E-state index in [2.05, 4.69) is 26.1 Å². The summed E-state index contributed by atoms with van der Waals surface area (Å²) in [4.78, 5) is 15.1. The predicted molar refractivity (Wildman–Crippen MR) is 92.7 cm³/mol. The molecule has 0 aliphatic heterocycles. The summed E-state index contributed by atoms with van der Waals surface area (Å²) >= 11 is 0. The van der Waals surface area contributed by atoms with E-state index in [1.54, 1.807) is 6.20 Å². The lowest BCUT2D eigenvalue weighted by Crippen LogP contribution is -2.17. The van der Waals surface area contributed by atoms with Gasteiger partial charge in [-0.1, -0.05) is 35.5 Å². The number of nitrogens with one attached hydrogen (secondary N) is 1. The molecular formula is C18H20N4O. The fourth-order valence-electron chi connectivity index (χ4n) is 2.29. The zero-order chi connectivity index (χ0) is 16.1. The number of likely N-dealkylation sites (N-methyl/N-ethyl adjacent to an activating group) is 1. The highest BCUT2D eigenvalue weighted by Crippen LogP contribution is 2.17. The van der Waals surface area contributed by atoms with Crippen molar-refractivity contribution in [3.63, 3.8) is 0 Å². The first kappa shape index (κ1) is 15.2. The molecule has 0 amide bonds. The number of nitrogens with zero attached hydrogens (tertiary/aromatic N) is 3. The number of rotatable bonds is 6. The second-order valence-corrected chi connectivity index (χ2v) is 5.59. The Morgan fingerprint density at radius 3 is 2.78 bits per heavy atom. The maximum Gasteiger partial charge on any atom is 0.133 e. The highest BCUT2D eigenvalue weighted by molar-refractivity contribution is 6.13. The third-order valence-electron chi connectivity index (χ3n) is 3.51. The second kappa shape index (κ2) is 7.07. The monoisotopic (exact) mass is 308 g/mol. The summed E-state index contributed by atoms with van der Waals surface area (Å²) in [6.45, 7) is 1.37. The van der Waals surface area contributed by atoms with Gasteiger partial charge in [0.2, 0.25) is 0 Å². The average molecular weight is 308 g/mol. The van der Waals surface area contributed by atoms with Crippen molar-refractivity contribution in [3.8, 4) is 0 Å². The molecule has 0 fully saturated rings. The van der Waals surface area contributed by atoms with E-state index < -0.39 is 0 Å². The Balaban J connectivity index is 1.92. The van der Waals surface area contributed by atoms with Crippen molar-refractivity contribution in [1.82, 2.24) is 14.9 Å². The molecule has 5 heteroatoms. The van der Waals surface area contributed by atoms with E-state index in [9.17, 15) is 0 Å². The number of fused-ring (bicyclic) bond motifs is 1. The Bertz CT molecular complexity index is 760. The molecule has 0 bridgehead atoms. The van der Waals surface area contributed by atoms with Crippen molar-refractivity contribution in [1.29, 1.82) is 0 Å². The quantitative estimate of drug-likeness (QED) is 0.433. The standard InChI is InChI=1S/C18H20N4O/c1-22(2)10-11-23-21-18(14-6-4-3-5-7-14)16-12-15-8-9-19-13-17(15)20-16/h3-9,12-13,20H,10-11H2,1-2H3. The summed E-state index contributed by atoms with van der Waals surface area (Å²) in [5, 5.41) is 5.47. The van der Waals surface area contributed by atoms with Crippen LogP contribution >= 0.6 is 0 Å². The molecule has 1 aromatic carbocycles. The van der Waals surface area contributed by atoms with Crippen LogP contribution in [0, 0.1) is 0 Å². The van der Waals surface area contributed by atoms with Gasteiger partial charge in [0.1, 0.15) is 12.3 Å². The molecule has 0 aliphatic carbocycles. The van der Waals surface area contributed by atoms with Crippen LogP contribution in [-0.4, -0.2) is 47.8 Å². The molecule has 0 atom stereocenters. The van der Waals surface area contributed by atoms with E-state index in [4.69, 9.17) is 4.84 Å². The molecule has 5 nitrogen and oxygen atoms in total. The molecule has 1 N–H and O–H groups in total. The summed E-state index contributed by atoms with van der Waals surface area (Å²) in [7, 11) is 4.02. The number of hydrogen-bond donors (Lipinski definition) is 1. The van der Waals surface area contributed by atoms with Crippen molar-refractivity contribution in [2.45, 2.75) is 0 Å². The van der Waals surface area contributed by atoms with Gasteiger partial charge < -0.3 is 14.7 Å². The van der Waals surface area contributed by atoms with Crippen LogP contribution in [0.1, 0.15) is 11.3 Å². The van der Waals surface area contributed by atoms with Gasteiger partial charge in [0.15, 0.2) is 0 Å². The molecule has 0 unspecified atom stereocenters. The van der Waals surface area contributed by atoms with Gasteiger partial charge in [0.05, 0.1) is 17.4 Å². The van der Waals surface area contributed by atoms with Crippen LogP contribution in [0.3, 0.4) is 0 Å². The van der Waals surface area contributed by atoms with Gasteiger partial charge in [-0.15, -0.1) is 0 Å². The van der Waals surface area contributed by atoms with E-state index >= 15 is 0 Å². The van der Waals surface area contributed by atoms with Gasteiger partial charge in [-0.05, 0) is 26.2 Å². The molecule has 118 valence electrons. The normalized spacial score (nSPS) is 12.0. The molecule has 0 aliphatic rings. The number of pyridine rings is 1. The van der Waals surface area contributed by atoms with Gasteiger partial charge in [-0.3, -0.25) is 4.98 Å². The Kier molecular flexibility index (Phi) is 4.68. The fraction of sp³-hybridized carbons (Fsp3) is 0.222. The minimum Gasteiger partial charge on any atom is -0.394 e. The predicted octanol–water partition coefficient (Wildman–Crippen LogP) is 2.89. The zero-order valence-electron chi connectivity index (χ0n) is 13.4. The first-order valence-corrected chi connectivity index (χ1v) is 7.57. The van der Waals surface area contributed by atoms with E-state index in [-0.39, 0.29) is 0 Å². The second-order valence-electron chi connectivity index (χ2n) is 5.59. The maximum absolute atomic E-state index is 5.52. The molecule has 3 aromatic rings. The Hall–Kier alpha value is -2.66. The lowest BCUT2D eigenvalue weighted by molar-refractivity contribution is 0.126. The van der Waals surface area contributed by atoms with Crippen molar-refractivity contribution in [3.05, 3.63) is 66.1 Å². The minimum atomic E-state index is 0.547. The smallest absolute Gasteiger partial charge is 0.133 e. The Morgan fingerprint density at radius 1 is 1.22 bits per heavy atom. The SMILES string of the molecule is CN(C)CCON=C(c1ccccc1)c1cc2ccncc2[nH]1. The summed E-state index contributed by atoms with van der Waals surface area (Å²) < 4.78 is 0. The fourth-order valence-corrected chi connectivity index (χ4v) is 2.29. The van der Waals surface area contributed by atoms with Crippen LogP contribution in [0.5, 0.6) is 0 Å². The van der Waals surface area contributed by atoms with E-state index in [0.717, 1.165) is 34.4 Å². The van der Waals surface area contributed by atoms with Crippen molar-refractivity contribution < 1.29 is 4.84 Å². The Morgan fingerprint density at radius 2 is 2.04 bits per heavy atom. The molecule has 2 aromatic heterocycles. The maximum atomic E-state index is 5.52. The van der Waals surface area contributed by atoms with Crippen LogP contribution in [0.4, 0.5) is 0 Å². The van der Waals surface area contributed by atoms with E-state index in [0.29, 0.717) is 6.61 Å². The summed E-state index contributed by atoms with van der Waals surface area (Å²) in [6.07, 6.45) is 3.60. The van der Waals surface area contributed by atoms with Gasteiger partial charge in [0.25, 0.3) is 0 Å². The van der Waals surface area contributed by atoms with Gasteiger partial charge in [-0.25, -0.2) is 0 Å². The van der Waals surface area contributed by atoms with Crippen LogP contribution < -0.4 is 0 Å². The number of hydrogen-bond acceptors (Lipinski definition) is 4. The zero-order valence-corrected chi connectivity index (χ0v) is 13.4. The van der Waals surface area contributed by atoms with Crippen molar-refractivity contribution >= 4 is 16.6 Å². The number of aromatic nitrogens is 2. The molecule has 0 radical (unpaired) electrons. The molecule has 2 heterocycles. The molecular weight excluding hydrogens is 288 g/mol. The van der Waals surface area contributed by atoms with Gasteiger partial charge in [0, 0.05) is 23.7 Å². The number of aromatic amines is 1. The number of benzene rings is 1. The highest BCUT2D eigenvalue weighted by Gasteiger charge is 2.11. The lowest BCUT2D eigenvalue weighted by Gasteiger charge is -2.09. The number of H-pyrrole nitrogens is 1. The summed E-state index contributed by atoms with van der Waals surface area (Å²) in [5.41, 5.74) is 3.71. The topological polar surface area (TPSA) is 53.5 Å². The number of oxime groups is 1. The third kappa shape index (κ3) is 3.76. The molecule has 0 saturated heterocycles. The van der Waals surface area contributed by atoms with Crippen LogP contribution in [0.2, 0.25) is 0 Å². The molecule has 3 rings (SSSR count). The lowest BCUT2D eigenvalue weighted by atomic mass is 10.1. The largest absolute Gasteiger partial charge is 0.394 e. The first-order chi connectivity index (χ1) is 11.2. The minimum absolute atomic E-state index is 0.547. The van der Waals surface area contributed by atoms with Crippen LogP contribution in [-0.2, 0) is 4.84 Å². The third-order valence-corrected chi connectivity index (χ3v) is 3.51. The average Bonchev–Trinajstić information content (AvgIpc) is 2.99. The highest BCUT2D eigenvalue weighted by atomic mass is 16.6. The van der Waals surface area contributed by atoms with Gasteiger partial charge >= 0.3 is 0 Å². The van der Waals surface area contributed by atoms with Crippen LogP contribution in [0.25, 0.3) is 10.9 Å². The van der Waals surface area contributed by atoms with Crippen LogP contribution in [0.15, 0.2) is 60.0 Å². The van der Waals surface area contributed by atoms with Crippen molar-refractivity contribution in [2.24, 2.45) is 5.16 Å². The molecule has 0 spiro atoms. The molecule has 23 heavy (non-hydrogen) atoms. The summed E-state index contributed by atoms with van der Waals surface area (Å²) in [5.74, 6) is 0. The molecule has 0 saturated carbocycles. The van der Waals surface area contributed by atoms with E-state index in [1.165, 1.54) is 0 Å².